The van der Waals surface area contributed by atoms with Gasteiger partial charge >= 0.3 is 12.1 Å². The first-order valence-corrected chi connectivity index (χ1v) is 7.51. The highest BCUT2D eigenvalue weighted by molar-refractivity contribution is 6.30. The van der Waals surface area contributed by atoms with Crippen molar-refractivity contribution in [3.8, 4) is 11.5 Å². The number of methoxy groups -OCH3 is 1. The minimum atomic E-state index is -4.69. The standard InChI is InChI=1S/C17H12ClF3O4/c1-23-15(22)16(9-24-16)13-7-6-12(8-14(13)17(19,20)21)25-11-4-2-10(18)3-5-11/h2-8H,9H2,1H3. The lowest BCUT2D eigenvalue weighted by Crippen LogP contribution is -2.27. The summed E-state index contributed by atoms with van der Waals surface area (Å²) in [6.45, 7) is -0.167. The van der Waals surface area contributed by atoms with Crippen LogP contribution in [0.25, 0.3) is 0 Å². The van der Waals surface area contributed by atoms with Crippen molar-refractivity contribution in [1.29, 1.82) is 0 Å². The number of ether oxygens (including phenoxy) is 3. The first-order chi connectivity index (χ1) is 11.8. The lowest BCUT2D eigenvalue weighted by Gasteiger charge is -2.18. The molecule has 4 nitrogen and oxygen atoms in total. The summed E-state index contributed by atoms with van der Waals surface area (Å²) in [6, 6.07) is 9.51. The molecule has 1 saturated heterocycles. The normalized spacial score (nSPS) is 19.4. The zero-order valence-electron chi connectivity index (χ0n) is 12.9. The van der Waals surface area contributed by atoms with E-state index >= 15 is 0 Å². The number of alkyl halides is 3. The van der Waals surface area contributed by atoms with Gasteiger partial charge in [0.2, 0.25) is 5.60 Å². The molecule has 2 aromatic carbocycles. The van der Waals surface area contributed by atoms with E-state index in [0.717, 1.165) is 19.2 Å². The van der Waals surface area contributed by atoms with Crippen LogP contribution in [-0.2, 0) is 26.0 Å². The highest BCUT2D eigenvalue weighted by atomic mass is 35.5. The third kappa shape index (κ3) is 3.43. The molecule has 2 aromatic rings. The fourth-order valence-corrected chi connectivity index (χ4v) is 2.56. The molecule has 1 fully saturated rings. The predicted molar refractivity (Wildman–Crippen MR) is 82.6 cm³/mol. The van der Waals surface area contributed by atoms with Crippen molar-refractivity contribution < 1.29 is 32.2 Å². The van der Waals surface area contributed by atoms with Crippen LogP contribution < -0.4 is 4.74 Å². The highest BCUT2D eigenvalue weighted by Crippen LogP contribution is 2.47. The summed E-state index contributed by atoms with van der Waals surface area (Å²) < 4.78 is 55.4. The Morgan fingerprint density at radius 3 is 2.28 bits per heavy atom. The van der Waals surface area contributed by atoms with Crippen molar-refractivity contribution in [2.45, 2.75) is 11.8 Å². The Kier molecular flexibility index (Phi) is 4.38. The monoisotopic (exact) mass is 372 g/mol. The van der Waals surface area contributed by atoms with Crippen molar-refractivity contribution in [3.05, 3.63) is 58.6 Å². The first kappa shape index (κ1) is 17.6. The van der Waals surface area contributed by atoms with Crippen molar-refractivity contribution >= 4 is 17.6 Å². The number of carbonyl (C=O) groups is 1. The molecule has 132 valence electrons. The molecule has 1 unspecified atom stereocenters. The molecule has 0 bridgehead atoms. The molecule has 1 heterocycles. The van der Waals surface area contributed by atoms with Crippen LogP contribution in [0, 0.1) is 0 Å². The van der Waals surface area contributed by atoms with Gasteiger partial charge in [0, 0.05) is 10.6 Å². The lowest BCUT2D eigenvalue weighted by atomic mass is 9.94. The number of halogens is 4. The fourth-order valence-electron chi connectivity index (χ4n) is 2.43. The maximum atomic E-state index is 13.5. The molecular weight excluding hydrogens is 361 g/mol. The number of benzene rings is 2. The van der Waals surface area contributed by atoms with Crippen LogP contribution in [0.1, 0.15) is 11.1 Å². The van der Waals surface area contributed by atoms with Crippen molar-refractivity contribution in [2.24, 2.45) is 0 Å². The largest absolute Gasteiger partial charge is 0.467 e. The molecule has 1 aliphatic heterocycles. The second-order valence-electron chi connectivity index (χ2n) is 5.37. The molecule has 0 N–H and O–H groups in total. The summed E-state index contributed by atoms with van der Waals surface area (Å²) >= 11 is 5.76. The summed E-state index contributed by atoms with van der Waals surface area (Å²) in [5.41, 5.74) is -3.02. The van der Waals surface area contributed by atoms with Crippen molar-refractivity contribution in [2.75, 3.05) is 13.7 Å². The zero-order valence-corrected chi connectivity index (χ0v) is 13.6. The lowest BCUT2D eigenvalue weighted by molar-refractivity contribution is -0.149. The van der Waals surface area contributed by atoms with Crippen LogP contribution in [0.2, 0.25) is 5.02 Å². The molecule has 0 aliphatic carbocycles. The Bertz CT molecular complexity index is 799. The molecule has 0 amide bonds. The van der Waals surface area contributed by atoms with Gasteiger partial charge in [0.15, 0.2) is 0 Å². The van der Waals surface area contributed by atoms with Gasteiger partial charge in [-0.25, -0.2) is 4.79 Å². The summed E-state index contributed by atoms with van der Waals surface area (Å²) in [6.07, 6.45) is -4.69. The molecule has 8 heteroatoms. The topological polar surface area (TPSA) is 48.1 Å². The maximum Gasteiger partial charge on any atom is 0.416 e. The van der Waals surface area contributed by atoms with Gasteiger partial charge in [-0.3, -0.25) is 0 Å². The van der Waals surface area contributed by atoms with Gasteiger partial charge in [-0.05, 0) is 36.4 Å². The van der Waals surface area contributed by atoms with Crippen LogP contribution in [0.5, 0.6) is 11.5 Å². The Labute approximate surface area is 146 Å². The summed E-state index contributed by atoms with van der Waals surface area (Å²) in [7, 11) is 1.09. The van der Waals surface area contributed by atoms with E-state index in [0.29, 0.717) is 10.8 Å². The molecular formula is C17H12ClF3O4. The van der Waals surface area contributed by atoms with Gasteiger partial charge in [0.1, 0.15) is 11.5 Å². The number of esters is 1. The first-order valence-electron chi connectivity index (χ1n) is 7.14. The van der Waals surface area contributed by atoms with E-state index in [1.165, 1.54) is 18.2 Å². The summed E-state index contributed by atoms with van der Waals surface area (Å²) in [4.78, 5) is 11.8. The van der Waals surface area contributed by atoms with E-state index in [4.69, 9.17) is 21.1 Å². The third-order valence-electron chi connectivity index (χ3n) is 3.73. The van der Waals surface area contributed by atoms with Gasteiger partial charge in [-0.1, -0.05) is 17.7 Å². The van der Waals surface area contributed by atoms with Gasteiger partial charge in [0.25, 0.3) is 0 Å². The summed E-state index contributed by atoms with van der Waals surface area (Å²) in [5, 5.41) is 0.476. The zero-order chi connectivity index (χ0) is 18.2. The average molecular weight is 373 g/mol. The second kappa shape index (κ2) is 6.24. The van der Waals surface area contributed by atoms with Crippen LogP contribution in [0.15, 0.2) is 42.5 Å². The van der Waals surface area contributed by atoms with E-state index in [-0.39, 0.29) is 17.9 Å². The van der Waals surface area contributed by atoms with Crippen LogP contribution in [-0.4, -0.2) is 19.7 Å². The van der Waals surface area contributed by atoms with E-state index < -0.39 is 23.3 Å². The maximum absolute atomic E-state index is 13.5. The molecule has 0 saturated carbocycles. The Balaban J connectivity index is 1.99. The Morgan fingerprint density at radius 1 is 1.16 bits per heavy atom. The number of hydrogen-bond donors (Lipinski definition) is 0. The molecule has 0 aromatic heterocycles. The van der Waals surface area contributed by atoms with Crippen LogP contribution in [0.3, 0.4) is 0 Å². The number of carbonyl (C=O) groups excluding carboxylic acids is 1. The smallest absolute Gasteiger partial charge is 0.416 e. The molecule has 0 spiro atoms. The molecule has 0 radical (unpaired) electrons. The quantitative estimate of drug-likeness (QED) is 0.583. The highest BCUT2D eigenvalue weighted by Gasteiger charge is 2.58. The number of epoxide rings is 1. The minimum Gasteiger partial charge on any atom is -0.467 e. The molecule has 1 atom stereocenters. The Hall–Kier alpha value is -2.25. The van der Waals surface area contributed by atoms with Gasteiger partial charge in [0.05, 0.1) is 19.3 Å². The van der Waals surface area contributed by atoms with Gasteiger partial charge < -0.3 is 14.2 Å². The van der Waals surface area contributed by atoms with Gasteiger partial charge in [-0.2, -0.15) is 13.2 Å². The fraction of sp³-hybridized carbons (Fsp3) is 0.235. The summed E-state index contributed by atoms with van der Waals surface area (Å²) in [5.74, 6) is -0.570. The van der Waals surface area contributed by atoms with E-state index in [9.17, 15) is 18.0 Å². The van der Waals surface area contributed by atoms with E-state index in [1.54, 1.807) is 12.1 Å². The SMILES string of the molecule is COC(=O)C1(c2ccc(Oc3ccc(Cl)cc3)cc2C(F)(F)F)CO1. The van der Waals surface area contributed by atoms with Crippen LogP contribution >= 0.6 is 11.6 Å². The molecule has 1 aliphatic rings. The third-order valence-corrected chi connectivity index (χ3v) is 3.98. The molecule has 25 heavy (non-hydrogen) atoms. The average Bonchev–Trinajstić information content (AvgIpc) is 3.37. The van der Waals surface area contributed by atoms with Crippen LogP contribution in [0.4, 0.5) is 13.2 Å². The Morgan fingerprint density at radius 2 is 1.76 bits per heavy atom. The van der Waals surface area contributed by atoms with Crippen molar-refractivity contribution in [3.63, 3.8) is 0 Å². The minimum absolute atomic E-state index is 0.0286. The number of hydrogen-bond acceptors (Lipinski definition) is 4. The van der Waals surface area contributed by atoms with Crippen molar-refractivity contribution in [1.82, 2.24) is 0 Å². The predicted octanol–water partition coefficient (Wildman–Crippen LogP) is 4.55. The number of rotatable bonds is 4. The van der Waals surface area contributed by atoms with E-state index in [1.807, 2.05) is 0 Å². The van der Waals surface area contributed by atoms with Gasteiger partial charge in [-0.15, -0.1) is 0 Å². The second-order valence-corrected chi connectivity index (χ2v) is 5.80. The van der Waals surface area contributed by atoms with E-state index in [2.05, 4.69) is 4.74 Å². The molecule has 3 rings (SSSR count).